The third kappa shape index (κ3) is 2.85. The van der Waals surface area contributed by atoms with Gasteiger partial charge >= 0.3 is 0 Å². The fourth-order valence-electron chi connectivity index (χ4n) is 2.49. The number of carbonyl (C=O) groups is 2. The van der Waals surface area contributed by atoms with Crippen molar-refractivity contribution in [2.24, 2.45) is 5.92 Å². The molecule has 20 heavy (non-hydrogen) atoms. The maximum atomic E-state index is 12.6. The van der Waals surface area contributed by atoms with Crippen molar-refractivity contribution in [1.82, 2.24) is 15.2 Å². The van der Waals surface area contributed by atoms with Crippen molar-refractivity contribution < 1.29 is 9.59 Å². The molecule has 0 aliphatic carbocycles. The van der Waals surface area contributed by atoms with Gasteiger partial charge in [0.2, 0.25) is 11.8 Å². The van der Waals surface area contributed by atoms with E-state index in [1.54, 1.807) is 16.2 Å². The van der Waals surface area contributed by atoms with Crippen molar-refractivity contribution in [2.45, 2.75) is 52.7 Å². The molecule has 6 heteroatoms. The second kappa shape index (κ2) is 5.91. The molecule has 1 saturated heterocycles. The molecule has 2 amide bonds. The van der Waals surface area contributed by atoms with Crippen molar-refractivity contribution >= 4 is 23.2 Å². The van der Waals surface area contributed by atoms with Crippen LogP contribution in [0.1, 0.15) is 37.9 Å². The minimum Gasteiger partial charge on any atom is -0.342 e. The Bertz CT molecular complexity index is 512. The van der Waals surface area contributed by atoms with Crippen LogP contribution >= 0.6 is 11.3 Å². The van der Waals surface area contributed by atoms with Crippen LogP contribution in [0.4, 0.5) is 0 Å². The predicted molar refractivity (Wildman–Crippen MR) is 78.2 cm³/mol. The summed E-state index contributed by atoms with van der Waals surface area (Å²) < 4.78 is 0. The number of hydrogen-bond acceptors (Lipinski definition) is 4. The molecule has 1 N–H and O–H groups in total. The molecular weight excluding hydrogens is 274 g/mol. The Morgan fingerprint density at radius 1 is 1.45 bits per heavy atom. The first-order chi connectivity index (χ1) is 9.43. The Hall–Kier alpha value is -1.43. The summed E-state index contributed by atoms with van der Waals surface area (Å²) in [4.78, 5) is 30.8. The van der Waals surface area contributed by atoms with E-state index in [1.807, 2.05) is 33.1 Å². The largest absolute Gasteiger partial charge is 0.342 e. The van der Waals surface area contributed by atoms with Crippen molar-refractivity contribution in [3.05, 3.63) is 16.1 Å². The standard InChI is InChI=1S/C14H21N3O2S/c1-5-11-13(18)16-12(8(2)3)14(19)17(11)6-10-7-20-9(4)15-10/h7-8,11-12H,5-6H2,1-4H3,(H,16,18). The van der Waals surface area contributed by atoms with Crippen LogP contribution in [0.15, 0.2) is 5.38 Å². The van der Waals surface area contributed by atoms with Crippen LogP contribution in [0, 0.1) is 12.8 Å². The highest BCUT2D eigenvalue weighted by Crippen LogP contribution is 2.21. The molecule has 0 bridgehead atoms. The molecule has 1 aliphatic heterocycles. The van der Waals surface area contributed by atoms with E-state index in [1.165, 1.54) is 0 Å². The van der Waals surface area contributed by atoms with Gasteiger partial charge in [0.05, 0.1) is 17.2 Å². The molecule has 0 radical (unpaired) electrons. The molecular formula is C14H21N3O2S. The van der Waals surface area contributed by atoms with E-state index in [0.29, 0.717) is 13.0 Å². The van der Waals surface area contributed by atoms with Crippen molar-refractivity contribution in [1.29, 1.82) is 0 Å². The Labute approximate surface area is 123 Å². The highest BCUT2D eigenvalue weighted by molar-refractivity contribution is 7.09. The van der Waals surface area contributed by atoms with E-state index in [4.69, 9.17) is 0 Å². The van der Waals surface area contributed by atoms with Gasteiger partial charge in [-0.25, -0.2) is 4.98 Å². The van der Waals surface area contributed by atoms with E-state index in [9.17, 15) is 9.59 Å². The van der Waals surface area contributed by atoms with Gasteiger partial charge in [-0.1, -0.05) is 20.8 Å². The Balaban J connectivity index is 2.24. The number of piperazine rings is 1. The predicted octanol–water partition coefficient (Wildman–Crippen LogP) is 1.71. The summed E-state index contributed by atoms with van der Waals surface area (Å²) in [6.45, 7) is 8.17. The number of rotatable bonds is 4. The molecule has 1 aromatic rings. The lowest BCUT2D eigenvalue weighted by atomic mass is 9.97. The van der Waals surface area contributed by atoms with Gasteiger partial charge < -0.3 is 10.2 Å². The maximum Gasteiger partial charge on any atom is 0.246 e. The highest BCUT2D eigenvalue weighted by atomic mass is 32.1. The van der Waals surface area contributed by atoms with Gasteiger partial charge in [0, 0.05) is 5.38 Å². The molecule has 0 saturated carbocycles. The van der Waals surface area contributed by atoms with Gasteiger partial charge in [-0.2, -0.15) is 0 Å². The summed E-state index contributed by atoms with van der Waals surface area (Å²) >= 11 is 1.56. The quantitative estimate of drug-likeness (QED) is 0.920. The molecule has 0 aromatic carbocycles. The summed E-state index contributed by atoms with van der Waals surface area (Å²) in [5.41, 5.74) is 0.858. The molecule has 2 unspecified atom stereocenters. The van der Waals surface area contributed by atoms with Gasteiger partial charge in [0.25, 0.3) is 0 Å². The van der Waals surface area contributed by atoms with Crippen LogP contribution in [0.5, 0.6) is 0 Å². The molecule has 1 aromatic heterocycles. The van der Waals surface area contributed by atoms with Crippen LogP contribution in [-0.2, 0) is 16.1 Å². The maximum absolute atomic E-state index is 12.6. The SMILES string of the molecule is CCC1C(=O)NC(C(C)C)C(=O)N1Cc1csc(C)n1. The normalized spacial score (nSPS) is 23.4. The van der Waals surface area contributed by atoms with Crippen molar-refractivity contribution in [2.75, 3.05) is 0 Å². The second-order valence-corrected chi connectivity index (χ2v) is 6.54. The number of thiazole rings is 1. The van der Waals surface area contributed by atoms with Crippen LogP contribution in [0.25, 0.3) is 0 Å². The van der Waals surface area contributed by atoms with Gasteiger partial charge in [0.15, 0.2) is 0 Å². The van der Waals surface area contributed by atoms with Gasteiger partial charge in [-0.15, -0.1) is 11.3 Å². The second-order valence-electron chi connectivity index (χ2n) is 5.48. The van der Waals surface area contributed by atoms with Crippen LogP contribution in [0.3, 0.4) is 0 Å². The third-order valence-electron chi connectivity index (χ3n) is 3.58. The molecule has 5 nitrogen and oxygen atoms in total. The summed E-state index contributed by atoms with van der Waals surface area (Å²) in [6, 6.07) is -0.815. The lowest BCUT2D eigenvalue weighted by Gasteiger charge is -2.39. The fourth-order valence-corrected chi connectivity index (χ4v) is 3.09. The molecule has 1 aliphatic rings. The summed E-state index contributed by atoms with van der Waals surface area (Å²) in [6.07, 6.45) is 0.617. The molecule has 2 rings (SSSR count). The Kier molecular flexibility index (Phi) is 4.42. The zero-order valence-corrected chi connectivity index (χ0v) is 13.2. The molecule has 2 heterocycles. The average Bonchev–Trinajstić information content (AvgIpc) is 2.79. The Morgan fingerprint density at radius 3 is 2.65 bits per heavy atom. The molecule has 0 spiro atoms. The first-order valence-corrected chi connectivity index (χ1v) is 7.83. The fraction of sp³-hybridized carbons (Fsp3) is 0.643. The minimum absolute atomic E-state index is 0.00268. The average molecular weight is 295 g/mol. The minimum atomic E-state index is -0.426. The Morgan fingerprint density at radius 2 is 2.15 bits per heavy atom. The van der Waals surface area contributed by atoms with E-state index >= 15 is 0 Å². The van der Waals surface area contributed by atoms with Crippen LogP contribution in [-0.4, -0.2) is 33.8 Å². The smallest absolute Gasteiger partial charge is 0.246 e. The number of aryl methyl sites for hydroxylation is 1. The summed E-state index contributed by atoms with van der Waals surface area (Å²) in [5, 5.41) is 5.76. The first kappa shape index (κ1) is 15.0. The number of carbonyl (C=O) groups excluding carboxylic acids is 2. The summed E-state index contributed by atoms with van der Waals surface area (Å²) in [7, 11) is 0. The lowest BCUT2D eigenvalue weighted by molar-refractivity contribution is -0.151. The number of hydrogen-bond donors (Lipinski definition) is 1. The highest BCUT2D eigenvalue weighted by Gasteiger charge is 2.40. The van der Waals surface area contributed by atoms with E-state index in [-0.39, 0.29) is 23.8 Å². The number of amides is 2. The van der Waals surface area contributed by atoms with E-state index in [0.717, 1.165) is 10.7 Å². The lowest BCUT2D eigenvalue weighted by Crippen LogP contribution is -2.64. The van der Waals surface area contributed by atoms with Gasteiger partial charge in [0.1, 0.15) is 12.1 Å². The van der Waals surface area contributed by atoms with Gasteiger partial charge in [-0.3, -0.25) is 9.59 Å². The zero-order valence-electron chi connectivity index (χ0n) is 12.3. The monoisotopic (exact) mass is 295 g/mol. The van der Waals surface area contributed by atoms with Crippen molar-refractivity contribution in [3.63, 3.8) is 0 Å². The molecule has 110 valence electrons. The zero-order chi connectivity index (χ0) is 14.9. The van der Waals surface area contributed by atoms with Crippen LogP contribution < -0.4 is 5.32 Å². The topological polar surface area (TPSA) is 62.3 Å². The van der Waals surface area contributed by atoms with E-state index in [2.05, 4.69) is 10.3 Å². The number of nitrogens with one attached hydrogen (secondary N) is 1. The number of nitrogens with zero attached hydrogens (tertiary/aromatic N) is 2. The molecule has 1 fully saturated rings. The van der Waals surface area contributed by atoms with Gasteiger partial charge in [-0.05, 0) is 19.3 Å². The van der Waals surface area contributed by atoms with Crippen LogP contribution in [0.2, 0.25) is 0 Å². The third-order valence-corrected chi connectivity index (χ3v) is 4.40. The van der Waals surface area contributed by atoms with Crippen molar-refractivity contribution in [3.8, 4) is 0 Å². The number of aromatic nitrogens is 1. The molecule has 2 atom stereocenters. The first-order valence-electron chi connectivity index (χ1n) is 6.95. The summed E-state index contributed by atoms with van der Waals surface area (Å²) in [5.74, 6) is 0.0266. The van der Waals surface area contributed by atoms with E-state index < -0.39 is 6.04 Å².